The molecule has 0 saturated carbocycles. The number of hydrogen-bond donors (Lipinski definition) is 1. The Morgan fingerprint density at radius 1 is 1.18 bits per heavy atom. The van der Waals surface area contributed by atoms with Gasteiger partial charge < -0.3 is 5.11 Å². The van der Waals surface area contributed by atoms with Gasteiger partial charge in [-0.1, -0.05) is 22.0 Å². The molecule has 0 heterocycles. The van der Waals surface area contributed by atoms with Crippen LogP contribution in [-0.2, 0) is 5.75 Å². The molecular weight excluding hydrogens is 303 g/mol. The second-order valence-electron chi connectivity index (χ2n) is 3.56. The third-order valence-corrected chi connectivity index (χ3v) is 3.67. The number of thioether (sulfide) groups is 1. The minimum absolute atomic E-state index is 0.245. The molecule has 0 saturated heterocycles. The Morgan fingerprint density at radius 2 is 2.00 bits per heavy atom. The monoisotopic (exact) mass is 312 g/mol. The van der Waals surface area contributed by atoms with Crippen molar-refractivity contribution in [3.05, 3.63) is 58.3 Å². The first kappa shape index (κ1) is 12.5. The average molecular weight is 313 g/mol. The van der Waals surface area contributed by atoms with E-state index in [4.69, 9.17) is 0 Å². The Morgan fingerprint density at radius 3 is 2.71 bits per heavy atom. The van der Waals surface area contributed by atoms with Crippen molar-refractivity contribution in [1.82, 2.24) is 0 Å². The summed E-state index contributed by atoms with van der Waals surface area (Å²) in [7, 11) is 0. The molecule has 1 N–H and O–H groups in total. The highest BCUT2D eigenvalue weighted by atomic mass is 79.9. The van der Waals surface area contributed by atoms with Gasteiger partial charge in [0.25, 0.3) is 0 Å². The van der Waals surface area contributed by atoms with Crippen LogP contribution in [0, 0.1) is 5.82 Å². The van der Waals surface area contributed by atoms with E-state index in [1.54, 1.807) is 30.0 Å². The fourth-order valence-corrected chi connectivity index (χ4v) is 2.83. The molecule has 4 heteroatoms. The van der Waals surface area contributed by atoms with Gasteiger partial charge in [-0.2, -0.15) is 0 Å². The van der Waals surface area contributed by atoms with Crippen molar-refractivity contribution < 1.29 is 9.50 Å². The molecule has 0 bridgehead atoms. The summed E-state index contributed by atoms with van der Waals surface area (Å²) in [5.41, 5.74) is 0.908. The van der Waals surface area contributed by atoms with Gasteiger partial charge in [-0.25, -0.2) is 4.39 Å². The number of phenols is 1. The van der Waals surface area contributed by atoms with Gasteiger partial charge in [-0.15, -0.1) is 11.8 Å². The van der Waals surface area contributed by atoms with Crippen LogP contribution in [0.1, 0.15) is 5.56 Å². The lowest BCUT2D eigenvalue weighted by Crippen LogP contribution is -1.84. The topological polar surface area (TPSA) is 20.2 Å². The number of halogens is 2. The molecular formula is C13H10BrFOS. The Balaban J connectivity index is 2.07. The molecule has 17 heavy (non-hydrogen) atoms. The third-order valence-electron chi connectivity index (χ3n) is 2.15. The SMILES string of the molecule is Oc1cccc(SCc2cc(F)cc(Br)c2)c1. The number of aromatic hydroxyl groups is 1. The van der Waals surface area contributed by atoms with E-state index in [-0.39, 0.29) is 11.6 Å². The second kappa shape index (κ2) is 5.56. The third kappa shape index (κ3) is 3.75. The summed E-state index contributed by atoms with van der Waals surface area (Å²) in [5.74, 6) is 0.668. The molecule has 0 spiro atoms. The summed E-state index contributed by atoms with van der Waals surface area (Å²) in [6, 6.07) is 11.9. The maximum atomic E-state index is 13.1. The molecule has 0 aliphatic heterocycles. The first-order chi connectivity index (χ1) is 8.13. The predicted molar refractivity (Wildman–Crippen MR) is 71.8 cm³/mol. The van der Waals surface area contributed by atoms with Crippen LogP contribution in [0.15, 0.2) is 51.8 Å². The largest absolute Gasteiger partial charge is 0.508 e. The minimum atomic E-state index is -0.245. The van der Waals surface area contributed by atoms with Gasteiger partial charge in [-0.05, 0) is 42.0 Å². The number of rotatable bonds is 3. The summed E-state index contributed by atoms with van der Waals surface area (Å²) < 4.78 is 13.9. The van der Waals surface area contributed by atoms with Crippen molar-refractivity contribution in [2.45, 2.75) is 10.6 Å². The van der Waals surface area contributed by atoms with Crippen LogP contribution in [-0.4, -0.2) is 5.11 Å². The zero-order chi connectivity index (χ0) is 12.3. The molecule has 0 aliphatic rings. The Labute approximate surface area is 112 Å². The summed E-state index contributed by atoms with van der Waals surface area (Å²) in [5, 5.41) is 9.32. The maximum Gasteiger partial charge on any atom is 0.124 e. The maximum absolute atomic E-state index is 13.1. The summed E-state index contributed by atoms with van der Waals surface area (Å²) in [4.78, 5) is 0.963. The van der Waals surface area contributed by atoms with E-state index in [1.807, 2.05) is 12.1 Å². The van der Waals surface area contributed by atoms with Crippen LogP contribution >= 0.6 is 27.7 Å². The normalized spacial score (nSPS) is 10.5. The standard InChI is InChI=1S/C13H10BrFOS/c14-10-4-9(5-11(15)6-10)8-17-13-3-1-2-12(16)7-13/h1-7,16H,8H2. The average Bonchev–Trinajstić information content (AvgIpc) is 2.25. The van der Waals surface area contributed by atoms with Crippen molar-refractivity contribution >= 4 is 27.7 Å². The molecule has 2 aromatic rings. The lowest BCUT2D eigenvalue weighted by Gasteiger charge is -2.03. The van der Waals surface area contributed by atoms with E-state index in [0.29, 0.717) is 5.75 Å². The van der Waals surface area contributed by atoms with E-state index in [1.165, 1.54) is 12.1 Å². The smallest absolute Gasteiger partial charge is 0.124 e. The molecule has 0 unspecified atom stereocenters. The fraction of sp³-hybridized carbons (Fsp3) is 0.0769. The van der Waals surface area contributed by atoms with Gasteiger partial charge in [-0.3, -0.25) is 0 Å². The van der Waals surface area contributed by atoms with E-state index < -0.39 is 0 Å². The molecule has 88 valence electrons. The highest BCUT2D eigenvalue weighted by Gasteiger charge is 2.01. The summed E-state index contributed by atoms with van der Waals surface area (Å²) in [6.45, 7) is 0. The zero-order valence-corrected chi connectivity index (χ0v) is 11.3. The molecule has 0 aromatic heterocycles. The molecule has 0 fully saturated rings. The molecule has 2 rings (SSSR count). The number of phenolic OH excluding ortho intramolecular Hbond substituents is 1. The van der Waals surface area contributed by atoms with Gasteiger partial charge in [0.1, 0.15) is 11.6 Å². The number of hydrogen-bond acceptors (Lipinski definition) is 2. The molecule has 0 aliphatic carbocycles. The molecule has 0 amide bonds. The van der Waals surface area contributed by atoms with Gasteiger partial charge in [0, 0.05) is 15.1 Å². The molecule has 1 nitrogen and oxygen atoms in total. The van der Waals surface area contributed by atoms with Crippen molar-refractivity contribution in [3.63, 3.8) is 0 Å². The Bertz CT molecular complexity index is 510. The van der Waals surface area contributed by atoms with E-state index in [2.05, 4.69) is 15.9 Å². The second-order valence-corrected chi connectivity index (χ2v) is 5.53. The van der Waals surface area contributed by atoms with Crippen molar-refractivity contribution in [1.29, 1.82) is 0 Å². The van der Waals surface area contributed by atoms with Crippen LogP contribution < -0.4 is 0 Å². The summed E-state index contributed by atoms with van der Waals surface area (Å²) in [6.07, 6.45) is 0. The van der Waals surface area contributed by atoms with Gasteiger partial charge >= 0.3 is 0 Å². The first-order valence-electron chi connectivity index (χ1n) is 5.00. The molecule has 2 aromatic carbocycles. The zero-order valence-electron chi connectivity index (χ0n) is 8.86. The fourth-order valence-electron chi connectivity index (χ4n) is 1.43. The lowest BCUT2D eigenvalue weighted by atomic mass is 10.2. The van der Waals surface area contributed by atoms with Crippen LogP contribution in [0.4, 0.5) is 4.39 Å². The summed E-state index contributed by atoms with van der Waals surface area (Å²) >= 11 is 4.82. The first-order valence-corrected chi connectivity index (χ1v) is 6.78. The molecule has 0 atom stereocenters. The highest BCUT2D eigenvalue weighted by Crippen LogP contribution is 2.27. The van der Waals surface area contributed by atoms with Crippen LogP contribution in [0.25, 0.3) is 0 Å². The van der Waals surface area contributed by atoms with Crippen LogP contribution in [0.5, 0.6) is 5.75 Å². The van der Waals surface area contributed by atoms with Crippen molar-refractivity contribution in [2.75, 3.05) is 0 Å². The highest BCUT2D eigenvalue weighted by molar-refractivity contribution is 9.10. The van der Waals surface area contributed by atoms with Gasteiger partial charge in [0.05, 0.1) is 0 Å². The van der Waals surface area contributed by atoms with E-state index in [9.17, 15) is 9.50 Å². The van der Waals surface area contributed by atoms with Crippen molar-refractivity contribution in [3.8, 4) is 5.75 Å². The van der Waals surface area contributed by atoms with Crippen LogP contribution in [0.3, 0.4) is 0 Å². The lowest BCUT2D eigenvalue weighted by molar-refractivity contribution is 0.474. The number of benzene rings is 2. The minimum Gasteiger partial charge on any atom is -0.508 e. The van der Waals surface area contributed by atoms with E-state index in [0.717, 1.165) is 14.9 Å². The van der Waals surface area contributed by atoms with Crippen LogP contribution in [0.2, 0.25) is 0 Å². The Hall–Kier alpha value is -1.00. The predicted octanol–water partition coefficient (Wildman–Crippen LogP) is 4.59. The molecule has 0 radical (unpaired) electrons. The quantitative estimate of drug-likeness (QED) is 0.837. The van der Waals surface area contributed by atoms with Crippen molar-refractivity contribution in [2.24, 2.45) is 0 Å². The van der Waals surface area contributed by atoms with E-state index >= 15 is 0 Å². The Kier molecular flexibility index (Phi) is 4.07. The van der Waals surface area contributed by atoms with Gasteiger partial charge in [0.15, 0.2) is 0 Å². The van der Waals surface area contributed by atoms with Gasteiger partial charge in [0.2, 0.25) is 0 Å².